The molecule has 0 aliphatic carbocycles. The molecule has 1 heterocycles. The largest absolute Gasteiger partial charge is 0.478 e. The smallest absolute Gasteiger partial charge is 0.337 e. The zero-order valence-corrected chi connectivity index (χ0v) is 10.1. The van der Waals surface area contributed by atoms with E-state index in [4.69, 9.17) is 10.2 Å². The predicted molar refractivity (Wildman–Crippen MR) is 68.3 cm³/mol. The summed E-state index contributed by atoms with van der Waals surface area (Å²) in [4.78, 5) is 25.8. The third kappa shape index (κ3) is 2.60. The van der Waals surface area contributed by atoms with Gasteiger partial charge < -0.3 is 10.2 Å². The average molecular weight is 257 g/mol. The van der Waals surface area contributed by atoms with Crippen molar-refractivity contribution >= 4 is 11.9 Å². The van der Waals surface area contributed by atoms with Gasteiger partial charge in [-0.1, -0.05) is 12.1 Å². The van der Waals surface area contributed by atoms with Crippen LogP contribution in [0.4, 0.5) is 0 Å². The highest BCUT2D eigenvalue weighted by molar-refractivity contribution is 5.91. The molecule has 0 saturated heterocycles. The maximum absolute atomic E-state index is 11.1. The van der Waals surface area contributed by atoms with Crippen LogP contribution in [0.15, 0.2) is 36.5 Å². The van der Waals surface area contributed by atoms with Crippen LogP contribution in [0.25, 0.3) is 11.3 Å². The molecular weight excluding hydrogens is 246 g/mol. The van der Waals surface area contributed by atoms with E-state index in [1.165, 1.54) is 18.3 Å². The van der Waals surface area contributed by atoms with Crippen LogP contribution >= 0.6 is 0 Å². The summed E-state index contributed by atoms with van der Waals surface area (Å²) in [7, 11) is 0. The van der Waals surface area contributed by atoms with Crippen molar-refractivity contribution in [3.8, 4) is 11.3 Å². The number of rotatable bonds is 3. The number of nitrogens with zero attached hydrogens (tertiary/aromatic N) is 1. The maximum atomic E-state index is 11.1. The van der Waals surface area contributed by atoms with Crippen molar-refractivity contribution in [3.63, 3.8) is 0 Å². The molecule has 0 atom stereocenters. The molecule has 1 aromatic carbocycles. The standard InChI is InChI=1S/C14H11NO4/c1-8-2-3-9(6-11(8)14(18)19)12-5-4-10(7-15-12)13(16)17/h2-7H,1H3,(H,16,17)(H,18,19). The lowest BCUT2D eigenvalue weighted by Gasteiger charge is -2.05. The molecule has 0 aliphatic rings. The Bertz CT molecular complexity index is 647. The Hall–Kier alpha value is -2.69. The first-order chi connectivity index (χ1) is 8.99. The number of aryl methyl sites for hydroxylation is 1. The van der Waals surface area contributed by atoms with Crippen LogP contribution in [0.3, 0.4) is 0 Å². The van der Waals surface area contributed by atoms with E-state index in [-0.39, 0.29) is 11.1 Å². The van der Waals surface area contributed by atoms with Crippen molar-refractivity contribution in [3.05, 3.63) is 53.2 Å². The Labute approximate surface area is 109 Å². The Morgan fingerprint density at radius 2 is 1.79 bits per heavy atom. The van der Waals surface area contributed by atoms with Gasteiger partial charge in [-0.3, -0.25) is 4.98 Å². The summed E-state index contributed by atoms with van der Waals surface area (Å²) >= 11 is 0. The van der Waals surface area contributed by atoms with E-state index in [1.54, 1.807) is 25.1 Å². The number of aromatic nitrogens is 1. The van der Waals surface area contributed by atoms with Crippen molar-refractivity contribution in [2.45, 2.75) is 6.92 Å². The lowest BCUT2D eigenvalue weighted by atomic mass is 10.0. The van der Waals surface area contributed by atoms with E-state index in [0.717, 1.165) is 0 Å². The van der Waals surface area contributed by atoms with Gasteiger partial charge in [-0.15, -0.1) is 0 Å². The maximum Gasteiger partial charge on any atom is 0.337 e. The normalized spacial score (nSPS) is 10.2. The van der Waals surface area contributed by atoms with Crippen LogP contribution in [0, 0.1) is 6.92 Å². The van der Waals surface area contributed by atoms with Crippen molar-refractivity contribution in [1.82, 2.24) is 4.98 Å². The van der Waals surface area contributed by atoms with Crippen molar-refractivity contribution in [1.29, 1.82) is 0 Å². The van der Waals surface area contributed by atoms with E-state index >= 15 is 0 Å². The molecule has 19 heavy (non-hydrogen) atoms. The molecule has 0 unspecified atom stereocenters. The molecule has 2 aromatic rings. The third-order valence-electron chi connectivity index (χ3n) is 2.77. The van der Waals surface area contributed by atoms with Crippen LogP contribution < -0.4 is 0 Å². The second-order valence-electron chi connectivity index (χ2n) is 4.07. The van der Waals surface area contributed by atoms with Gasteiger partial charge in [-0.2, -0.15) is 0 Å². The predicted octanol–water partition coefficient (Wildman–Crippen LogP) is 2.45. The zero-order chi connectivity index (χ0) is 14.0. The Kier molecular flexibility index (Phi) is 3.29. The molecule has 0 amide bonds. The number of hydrogen-bond acceptors (Lipinski definition) is 3. The van der Waals surface area contributed by atoms with Gasteiger partial charge in [0.2, 0.25) is 0 Å². The molecule has 5 nitrogen and oxygen atoms in total. The van der Waals surface area contributed by atoms with Crippen molar-refractivity contribution in [2.75, 3.05) is 0 Å². The number of benzene rings is 1. The fraction of sp³-hybridized carbons (Fsp3) is 0.0714. The summed E-state index contributed by atoms with van der Waals surface area (Å²) in [5.41, 5.74) is 2.14. The van der Waals surface area contributed by atoms with Crippen LogP contribution in [0.1, 0.15) is 26.3 Å². The molecule has 2 N–H and O–H groups in total. The Morgan fingerprint density at radius 3 is 2.32 bits per heavy atom. The molecule has 1 aromatic heterocycles. The van der Waals surface area contributed by atoms with Gasteiger partial charge in [0.1, 0.15) is 0 Å². The van der Waals surface area contributed by atoms with Crippen LogP contribution in [0.5, 0.6) is 0 Å². The highest BCUT2D eigenvalue weighted by atomic mass is 16.4. The first-order valence-corrected chi connectivity index (χ1v) is 5.52. The molecule has 0 aliphatic heterocycles. The van der Waals surface area contributed by atoms with Gasteiger partial charge in [0.25, 0.3) is 0 Å². The summed E-state index contributed by atoms with van der Waals surface area (Å²) in [6.07, 6.45) is 1.25. The van der Waals surface area contributed by atoms with Gasteiger partial charge in [0.05, 0.1) is 16.8 Å². The molecule has 0 saturated carbocycles. The molecule has 5 heteroatoms. The van der Waals surface area contributed by atoms with Crippen LogP contribution in [0.2, 0.25) is 0 Å². The molecule has 0 fully saturated rings. The molecule has 0 spiro atoms. The number of aromatic carboxylic acids is 2. The Morgan fingerprint density at radius 1 is 1.05 bits per heavy atom. The van der Waals surface area contributed by atoms with E-state index in [0.29, 0.717) is 16.8 Å². The van der Waals surface area contributed by atoms with E-state index in [1.807, 2.05) is 0 Å². The van der Waals surface area contributed by atoms with Gasteiger partial charge >= 0.3 is 11.9 Å². The zero-order valence-electron chi connectivity index (χ0n) is 10.1. The second kappa shape index (κ2) is 4.89. The fourth-order valence-electron chi connectivity index (χ4n) is 1.70. The van der Waals surface area contributed by atoms with Gasteiger partial charge in [-0.05, 0) is 30.7 Å². The fourth-order valence-corrected chi connectivity index (χ4v) is 1.70. The van der Waals surface area contributed by atoms with Crippen LogP contribution in [-0.2, 0) is 0 Å². The number of carboxylic acid groups (broad SMARTS) is 2. The van der Waals surface area contributed by atoms with E-state index in [2.05, 4.69) is 4.98 Å². The SMILES string of the molecule is Cc1ccc(-c2ccc(C(=O)O)cn2)cc1C(=O)O. The van der Waals surface area contributed by atoms with Crippen molar-refractivity contribution in [2.24, 2.45) is 0 Å². The van der Waals surface area contributed by atoms with Gasteiger partial charge in [-0.25, -0.2) is 9.59 Å². The summed E-state index contributed by atoms with van der Waals surface area (Å²) in [5, 5.41) is 17.8. The number of pyridine rings is 1. The summed E-state index contributed by atoms with van der Waals surface area (Å²) in [6, 6.07) is 7.97. The molecule has 96 valence electrons. The topological polar surface area (TPSA) is 87.5 Å². The first-order valence-electron chi connectivity index (χ1n) is 5.52. The molecule has 0 bridgehead atoms. The highest BCUT2D eigenvalue weighted by Crippen LogP contribution is 2.21. The second-order valence-corrected chi connectivity index (χ2v) is 4.07. The molecule has 0 radical (unpaired) electrons. The quantitative estimate of drug-likeness (QED) is 0.881. The molecular formula is C14H11NO4. The minimum atomic E-state index is -1.05. The summed E-state index contributed by atoms with van der Waals surface area (Å²) < 4.78 is 0. The Balaban J connectivity index is 2.44. The highest BCUT2D eigenvalue weighted by Gasteiger charge is 2.10. The average Bonchev–Trinajstić information content (AvgIpc) is 2.39. The van der Waals surface area contributed by atoms with Crippen LogP contribution in [-0.4, -0.2) is 27.1 Å². The van der Waals surface area contributed by atoms with Crippen molar-refractivity contribution < 1.29 is 19.8 Å². The van der Waals surface area contributed by atoms with E-state index in [9.17, 15) is 9.59 Å². The number of carbonyl (C=O) groups is 2. The van der Waals surface area contributed by atoms with E-state index < -0.39 is 11.9 Å². The first kappa shape index (κ1) is 12.8. The summed E-state index contributed by atoms with van der Waals surface area (Å²) in [6.45, 7) is 1.72. The minimum Gasteiger partial charge on any atom is -0.478 e. The minimum absolute atomic E-state index is 0.0920. The lowest BCUT2D eigenvalue weighted by Crippen LogP contribution is -2.00. The lowest BCUT2D eigenvalue weighted by molar-refractivity contribution is 0.0685. The third-order valence-corrected chi connectivity index (χ3v) is 2.77. The number of carboxylic acids is 2. The number of hydrogen-bond donors (Lipinski definition) is 2. The molecule has 2 rings (SSSR count). The summed E-state index contributed by atoms with van der Waals surface area (Å²) in [5.74, 6) is -2.05. The van der Waals surface area contributed by atoms with Gasteiger partial charge in [0, 0.05) is 11.8 Å². The monoisotopic (exact) mass is 257 g/mol. The van der Waals surface area contributed by atoms with Gasteiger partial charge in [0.15, 0.2) is 0 Å².